The van der Waals surface area contributed by atoms with Crippen LogP contribution >= 0.6 is 0 Å². The summed E-state index contributed by atoms with van der Waals surface area (Å²) < 4.78 is 16.9. The number of unbranched alkanes of at least 4 members (excludes halogenated alkanes) is 20. The van der Waals surface area contributed by atoms with Gasteiger partial charge in [0, 0.05) is 19.3 Å². The number of carbonyl (C=O) groups is 3. The first-order chi connectivity index (χ1) is 38.0. The zero-order chi connectivity index (χ0) is 55.7. The highest BCUT2D eigenvalue weighted by Crippen LogP contribution is 2.15. The first-order valence-electron chi connectivity index (χ1n) is 31.3. The van der Waals surface area contributed by atoms with Crippen LogP contribution in [-0.2, 0) is 28.6 Å². The van der Waals surface area contributed by atoms with Gasteiger partial charge in [-0.1, -0.05) is 256 Å². The third-order valence-corrected chi connectivity index (χ3v) is 12.8. The molecular formula is C71H114O6. The Hall–Kier alpha value is -4.71. The number of rotatable bonds is 55. The molecule has 0 heterocycles. The van der Waals surface area contributed by atoms with Crippen LogP contribution < -0.4 is 0 Å². The number of ether oxygens (including phenoxy) is 3. The molecule has 0 aromatic heterocycles. The molecule has 0 radical (unpaired) electrons. The molecule has 77 heavy (non-hydrogen) atoms. The lowest BCUT2D eigenvalue weighted by Gasteiger charge is -2.18. The van der Waals surface area contributed by atoms with Crippen molar-refractivity contribution < 1.29 is 28.6 Å². The van der Waals surface area contributed by atoms with Crippen molar-refractivity contribution in [2.45, 2.75) is 271 Å². The van der Waals surface area contributed by atoms with Gasteiger partial charge in [-0.05, 0) is 135 Å². The highest BCUT2D eigenvalue weighted by molar-refractivity contribution is 5.71. The second-order valence-electron chi connectivity index (χ2n) is 20.2. The molecule has 1 atom stereocenters. The van der Waals surface area contributed by atoms with Gasteiger partial charge >= 0.3 is 17.9 Å². The summed E-state index contributed by atoms with van der Waals surface area (Å²) in [7, 11) is 0. The van der Waals surface area contributed by atoms with E-state index >= 15 is 0 Å². The average Bonchev–Trinajstić information content (AvgIpc) is 3.43. The Morgan fingerprint density at radius 2 is 0.468 bits per heavy atom. The molecule has 6 heteroatoms. The van der Waals surface area contributed by atoms with Crippen LogP contribution in [0.3, 0.4) is 0 Å². The van der Waals surface area contributed by atoms with E-state index in [9.17, 15) is 14.4 Å². The van der Waals surface area contributed by atoms with Gasteiger partial charge in [-0.2, -0.15) is 0 Å². The number of allylic oxidation sites excluding steroid dienone is 24. The molecule has 0 aliphatic rings. The molecule has 0 spiro atoms. The molecule has 0 rings (SSSR count). The monoisotopic (exact) mass is 1060 g/mol. The van der Waals surface area contributed by atoms with Crippen LogP contribution in [-0.4, -0.2) is 37.2 Å². The first-order valence-corrected chi connectivity index (χ1v) is 31.3. The number of esters is 3. The van der Waals surface area contributed by atoms with E-state index in [0.717, 1.165) is 148 Å². The Kier molecular flexibility index (Phi) is 59.9. The largest absolute Gasteiger partial charge is 0.462 e. The summed E-state index contributed by atoms with van der Waals surface area (Å²) in [5.74, 6) is -0.946. The topological polar surface area (TPSA) is 78.9 Å². The molecule has 0 N–H and O–H groups in total. The van der Waals surface area contributed by atoms with Gasteiger partial charge in [0.1, 0.15) is 13.2 Å². The van der Waals surface area contributed by atoms with Gasteiger partial charge in [0.05, 0.1) is 0 Å². The zero-order valence-corrected chi connectivity index (χ0v) is 49.7. The minimum Gasteiger partial charge on any atom is -0.462 e. The SMILES string of the molecule is CC/C=C\C/C=C\C/C=C\C/C=C\C/C=C\CCCCCCCCCC(=O)OCC(COC(=O)CCCCC/C=C\C/C=C\C/C=C\CC)OC(=O)CCCCCCCCCCCC/C=C\C/C=C\C/C=C\C/C=C\CC. The normalized spacial score (nSPS) is 13.1. The maximum absolute atomic E-state index is 12.9. The Bertz CT molecular complexity index is 1700. The zero-order valence-electron chi connectivity index (χ0n) is 49.7. The summed E-state index contributed by atoms with van der Waals surface area (Å²) in [5, 5.41) is 0. The summed E-state index contributed by atoms with van der Waals surface area (Å²) in [6.45, 7) is 6.26. The second kappa shape index (κ2) is 63.8. The average molecular weight is 1060 g/mol. The number of hydrogen-bond acceptors (Lipinski definition) is 6. The van der Waals surface area contributed by atoms with Gasteiger partial charge in [-0.15, -0.1) is 0 Å². The molecule has 1 unspecified atom stereocenters. The highest BCUT2D eigenvalue weighted by atomic mass is 16.6. The van der Waals surface area contributed by atoms with E-state index in [4.69, 9.17) is 14.2 Å². The van der Waals surface area contributed by atoms with E-state index in [0.29, 0.717) is 19.3 Å². The predicted octanol–water partition coefficient (Wildman–Crippen LogP) is 21.5. The third-order valence-electron chi connectivity index (χ3n) is 12.8. The lowest BCUT2D eigenvalue weighted by molar-refractivity contribution is -0.167. The van der Waals surface area contributed by atoms with Gasteiger partial charge in [0.15, 0.2) is 6.10 Å². The van der Waals surface area contributed by atoms with Crippen LogP contribution in [0, 0.1) is 0 Å². The fourth-order valence-electron chi connectivity index (χ4n) is 8.24. The Labute approximate surface area is 474 Å². The van der Waals surface area contributed by atoms with Crippen LogP contribution in [0.25, 0.3) is 0 Å². The quantitative estimate of drug-likeness (QED) is 0.0261. The Morgan fingerprint density at radius 1 is 0.260 bits per heavy atom. The van der Waals surface area contributed by atoms with Crippen molar-refractivity contribution in [2.24, 2.45) is 0 Å². The van der Waals surface area contributed by atoms with E-state index in [1.165, 1.54) is 77.0 Å². The van der Waals surface area contributed by atoms with E-state index in [1.807, 2.05) is 0 Å². The molecule has 0 aliphatic carbocycles. The van der Waals surface area contributed by atoms with Gasteiger partial charge in [0.2, 0.25) is 0 Å². The van der Waals surface area contributed by atoms with Crippen LogP contribution in [0.5, 0.6) is 0 Å². The number of carbonyl (C=O) groups excluding carboxylic acids is 3. The summed E-state index contributed by atoms with van der Waals surface area (Å²) >= 11 is 0. The van der Waals surface area contributed by atoms with Gasteiger partial charge < -0.3 is 14.2 Å². The van der Waals surface area contributed by atoms with E-state index in [1.54, 1.807) is 0 Å². The molecule has 0 aliphatic heterocycles. The third kappa shape index (κ3) is 62.0. The maximum atomic E-state index is 12.9. The minimum absolute atomic E-state index is 0.100. The molecule has 0 amide bonds. The van der Waals surface area contributed by atoms with Crippen molar-refractivity contribution in [2.75, 3.05) is 13.2 Å². The molecule has 0 saturated heterocycles. The van der Waals surface area contributed by atoms with E-state index in [-0.39, 0.29) is 31.1 Å². The molecule has 0 aromatic rings. The molecule has 0 saturated carbocycles. The lowest BCUT2D eigenvalue weighted by Crippen LogP contribution is -2.30. The van der Waals surface area contributed by atoms with Gasteiger partial charge in [-0.3, -0.25) is 14.4 Å². The van der Waals surface area contributed by atoms with Crippen LogP contribution in [0.2, 0.25) is 0 Å². The van der Waals surface area contributed by atoms with E-state index < -0.39 is 6.10 Å². The van der Waals surface area contributed by atoms with E-state index in [2.05, 4.69) is 167 Å². The standard InChI is InChI=1S/C71H114O6/c1-4-7-10-13-16-19-22-25-27-29-31-33-35-37-39-41-43-46-49-52-55-58-61-64-70(73)76-67-68(66-75-69(72)63-60-57-54-51-48-45-24-21-18-15-12-9-6-3)77-71(74)65-62-59-56-53-50-47-44-42-40-38-36-34-32-30-28-26-23-20-17-14-11-8-5-2/h7-12,16-21,25-28,31-34,37,39,45,48,68H,4-6,13-15,22-24,29-30,35-36,38,40-44,46-47,49-67H2,1-3H3/b10-7-,11-8-,12-9-,19-16-,20-17-,21-18-,27-25-,28-26-,33-31-,34-32-,39-37-,48-45-. The Balaban J connectivity index is 4.41. The molecule has 0 fully saturated rings. The molecular weight excluding hydrogens is 949 g/mol. The summed E-state index contributed by atoms with van der Waals surface area (Å²) in [5.41, 5.74) is 0. The van der Waals surface area contributed by atoms with Crippen molar-refractivity contribution in [1.29, 1.82) is 0 Å². The van der Waals surface area contributed by atoms with Crippen molar-refractivity contribution in [3.63, 3.8) is 0 Å². The first kappa shape index (κ1) is 72.3. The van der Waals surface area contributed by atoms with Crippen molar-refractivity contribution in [1.82, 2.24) is 0 Å². The predicted molar refractivity (Wildman–Crippen MR) is 334 cm³/mol. The van der Waals surface area contributed by atoms with Crippen molar-refractivity contribution in [3.05, 3.63) is 146 Å². The second-order valence-corrected chi connectivity index (χ2v) is 20.2. The Morgan fingerprint density at radius 3 is 0.740 bits per heavy atom. The summed E-state index contributed by atoms with van der Waals surface area (Å²) in [6, 6.07) is 0. The molecule has 0 aromatic carbocycles. The highest BCUT2D eigenvalue weighted by Gasteiger charge is 2.19. The summed E-state index contributed by atoms with van der Waals surface area (Å²) in [6.07, 6.45) is 91.3. The van der Waals surface area contributed by atoms with Gasteiger partial charge in [-0.25, -0.2) is 0 Å². The lowest BCUT2D eigenvalue weighted by atomic mass is 10.0. The van der Waals surface area contributed by atoms with Gasteiger partial charge in [0.25, 0.3) is 0 Å². The smallest absolute Gasteiger partial charge is 0.306 e. The molecule has 434 valence electrons. The van der Waals surface area contributed by atoms with Crippen LogP contribution in [0.4, 0.5) is 0 Å². The maximum Gasteiger partial charge on any atom is 0.306 e. The molecule has 6 nitrogen and oxygen atoms in total. The van der Waals surface area contributed by atoms with Crippen molar-refractivity contribution in [3.8, 4) is 0 Å². The fourth-order valence-corrected chi connectivity index (χ4v) is 8.24. The van der Waals surface area contributed by atoms with Crippen LogP contribution in [0.1, 0.15) is 265 Å². The van der Waals surface area contributed by atoms with Crippen molar-refractivity contribution >= 4 is 17.9 Å². The number of hydrogen-bond donors (Lipinski definition) is 0. The molecule has 0 bridgehead atoms. The fraction of sp³-hybridized carbons (Fsp3) is 0.620. The van der Waals surface area contributed by atoms with Crippen LogP contribution in [0.15, 0.2) is 146 Å². The summed E-state index contributed by atoms with van der Waals surface area (Å²) in [4.78, 5) is 38.3. The minimum atomic E-state index is -0.805.